The van der Waals surface area contributed by atoms with Crippen molar-refractivity contribution in [3.8, 4) is 5.75 Å². The van der Waals surface area contributed by atoms with E-state index in [1.165, 1.54) is 4.31 Å². The molecule has 1 atom stereocenters. The average Bonchev–Trinajstić information content (AvgIpc) is 2.80. The van der Waals surface area contributed by atoms with Gasteiger partial charge in [0.1, 0.15) is 11.8 Å². The van der Waals surface area contributed by atoms with Gasteiger partial charge in [-0.3, -0.25) is 13.9 Å². The molecule has 9 heteroatoms. The summed E-state index contributed by atoms with van der Waals surface area (Å²) in [7, 11) is -2.01. The van der Waals surface area contributed by atoms with Crippen LogP contribution >= 0.6 is 0 Å². The van der Waals surface area contributed by atoms with Crippen molar-refractivity contribution in [2.24, 2.45) is 0 Å². The van der Waals surface area contributed by atoms with Crippen LogP contribution < -0.4 is 14.4 Å². The lowest BCUT2D eigenvalue weighted by molar-refractivity contribution is -0.142. The van der Waals surface area contributed by atoms with Crippen molar-refractivity contribution in [1.82, 2.24) is 10.2 Å². The van der Waals surface area contributed by atoms with E-state index in [-0.39, 0.29) is 24.8 Å². The number of ether oxygens (including phenoxy) is 1. The van der Waals surface area contributed by atoms with E-state index >= 15 is 0 Å². The molecule has 2 aromatic rings. The first kappa shape index (κ1) is 29.2. The summed E-state index contributed by atoms with van der Waals surface area (Å²) in [5.74, 6) is 0.223. The summed E-state index contributed by atoms with van der Waals surface area (Å²) in [6, 6.07) is 15.6. The topological polar surface area (TPSA) is 96.0 Å². The van der Waals surface area contributed by atoms with E-state index in [2.05, 4.69) is 5.32 Å². The molecular weight excluding hydrogens is 478 g/mol. The number of hydrogen-bond donors (Lipinski definition) is 1. The molecule has 0 spiro atoms. The Morgan fingerprint density at radius 1 is 1.03 bits per heavy atom. The quantitative estimate of drug-likeness (QED) is 0.460. The molecule has 0 heterocycles. The highest BCUT2D eigenvalue weighted by Crippen LogP contribution is 2.22. The molecule has 2 amide bonds. The normalized spacial score (nSPS) is 12.5. The Kier molecular flexibility index (Phi) is 10.3. The molecule has 1 N–H and O–H groups in total. The molecule has 36 heavy (non-hydrogen) atoms. The number of methoxy groups -OCH3 is 1. The molecule has 0 unspecified atom stereocenters. The van der Waals surface area contributed by atoms with E-state index in [4.69, 9.17) is 4.74 Å². The van der Waals surface area contributed by atoms with Crippen LogP contribution in [0.2, 0.25) is 0 Å². The van der Waals surface area contributed by atoms with Crippen LogP contribution in [0.15, 0.2) is 54.6 Å². The Labute approximate surface area is 215 Å². The maximum atomic E-state index is 13.4. The monoisotopic (exact) mass is 517 g/mol. The molecule has 0 saturated heterocycles. The van der Waals surface area contributed by atoms with Gasteiger partial charge in [-0.1, -0.05) is 37.3 Å². The summed E-state index contributed by atoms with van der Waals surface area (Å²) in [4.78, 5) is 28.1. The second-order valence-electron chi connectivity index (χ2n) is 9.81. The van der Waals surface area contributed by atoms with Gasteiger partial charge in [-0.05, 0) is 63.4 Å². The number of amides is 2. The molecule has 2 aromatic carbocycles. The summed E-state index contributed by atoms with van der Waals surface area (Å²) < 4.78 is 31.4. The van der Waals surface area contributed by atoms with Gasteiger partial charge in [0.05, 0.1) is 19.1 Å². The first-order valence-electron chi connectivity index (χ1n) is 12.1. The SMILES string of the molecule is CC[C@H](C(=O)NC(C)(C)C)N(Cc1ccccc1)C(=O)CCCN(c1ccc(OC)cc1)S(C)(=O)=O. The van der Waals surface area contributed by atoms with Crippen molar-refractivity contribution in [2.75, 3.05) is 24.2 Å². The maximum absolute atomic E-state index is 13.4. The molecule has 0 saturated carbocycles. The zero-order valence-corrected chi connectivity index (χ0v) is 23.0. The predicted octanol–water partition coefficient (Wildman–Crippen LogP) is 3.96. The lowest BCUT2D eigenvalue weighted by Gasteiger charge is -2.33. The summed E-state index contributed by atoms with van der Waals surface area (Å²) in [5.41, 5.74) is 0.993. The number of carbonyl (C=O) groups is 2. The number of rotatable bonds is 12. The van der Waals surface area contributed by atoms with Crippen LogP contribution in [0.25, 0.3) is 0 Å². The Hall–Kier alpha value is -3.07. The van der Waals surface area contributed by atoms with Crippen LogP contribution in [0.1, 0.15) is 52.5 Å². The smallest absolute Gasteiger partial charge is 0.243 e. The Bertz CT molecular complexity index is 1100. The summed E-state index contributed by atoms with van der Waals surface area (Å²) in [6.07, 6.45) is 2.02. The molecule has 0 aliphatic rings. The number of nitrogens with zero attached hydrogens (tertiary/aromatic N) is 2. The maximum Gasteiger partial charge on any atom is 0.243 e. The lowest BCUT2D eigenvalue weighted by atomic mass is 10.0. The van der Waals surface area contributed by atoms with E-state index in [1.807, 2.05) is 58.0 Å². The minimum absolute atomic E-state index is 0.105. The van der Waals surface area contributed by atoms with Crippen LogP contribution in [0, 0.1) is 0 Å². The largest absolute Gasteiger partial charge is 0.497 e. The van der Waals surface area contributed by atoms with E-state index < -0.39 is 21.6 Å². The first-order valence-corrected chi connectivity index (χ1v) is 14.0. The van der Waals surface area contributed by atoms with Crippen LogP contribution in [-0.2, 0) is 26.2 Å². The Morgan fingerprint density at radius 2 is 1.64 bits per heavy atom. The van der Waals surface area contributed by atoms with Gasteiger partial charge in [0.15, 0.2) is 0 Å². The summed E-state index contributed by atoms with van der Waals surface area (Å²) in [5, 5.41) is 2.99. The van der Waals surface area contributed by atoms with Crippen molar-refractivity contribution >= 4 is 27.5 Å². The van der Waals surface area contributed by atoms with E-state index in [1.54, 1.807) is 36.3 Å². The molecule has 8 nitrogen and oxygen atoms in total. The lowest BCUT2D eigenvalue weighted by Crippen LogP contribution is -2.53. The van der Waals surface area contributed by atoms with Crippen molar-refractivity contribution in [3.05, 3.63) is 60.2 Å². The average molecular weight is 518 g/mol. The minimum Gasteiger partial charge on any atom is -0.497 e. The number of benzene rings is 2. The number of sulfonamides is 1. The van der Waals surface area contributed by atoms with Crippen molar-refractivity contribution in [3.63, 3.8) is 0 Å². The van der Waals surface area contributed by atoms with Gasteiger partial charge in [-0.25, -0.2) is 8.42 Å². The number of nitrogens with one attached hydrogen (secondary N) is 1. The van der Waals surface area contributed by atoms with Gasteiger partial charge in [-0.15, -0.1) is 0 Å². The van der Waals surface area contributed by atoms with Crippen molar-refractivity contribution in [1.29, 1.82) is 0 Å². The third-order valence-electron chi connectivity index (χ3n) is 5.59. The molecule has 0 radical (unpaired) electrons. The zero-order chi connectivity index (χ0) is 26.9. The van der Waals surface area contributed by atoms with Gasteiger partial charge in [0.25, 0.3) is 0 Å². The van der Waals surface area contributed by atoms with Gasteiger partial charge in [0, 0.05) is 25.0 Å². The first-order chi connectivity index (χ1) is 16.9. The number of anilines is 1. The molecule has 198 valence electrons. The van der Waals surface area contributed by atoms with Crippen molar-refractivity contribution in [2.45, 2.75) is 65.1 Å². The second-order valence-corrected chi connectivity index (χ2v) is 11.7. The molecule has 0 aliphatic heterocycles. The minimum atomic E-state index is -3.56. The highest BCUT2D eigenvalue weighted by Gasteiger charge is 2.30. The molecule has 0 aromatic heterocycles. The fourth-order valence-electron chi connectivity index (χ4n) is 3.90. The zero-order valence-electron chi connectivity index (χ0n) is 22.2. The fraction of sp³-hybridized carbons (Fsp3) is 0.481. The molecule has 0 bridgehead atoms. The van der Waals surface area contributed by atoms with Crippen LogP contribution in [0.3, 0.4) is 0 Å². The number of hydrogen-bond acceptors (Lipinski definition) is 5. The van der Waals surface area contributed by atoms with Crippen LogP contribution in [-0.4, -0.2) is 56.6 Å². The van der Waals surface area contributed by atoms with Gasteiger partial charge in [0.2, 0.25) is 21.8 Å². The van der Waals surface area contributed by atoms with Crippen LogP contribution in [0.5, 0.6) is 5.75 Å². The third kappa shape index (κ3) is 8.86. The Morgan fingerprint density at radius 3 is 2.14 bits per heavy atom. The van der Waals surface area contributed by atoms with E-state index in [9.17, 15) is 18.0 Å². The van der Waals surface area contributed by atoms with E-state index in [0.717, 1.165) is 11.8 Å². The fourth-order valence-corrected chi connectivity index (χ4v) is 4.87. The van der Waals surface area contributed by atoms with Crippen LogP contribution in [0.4, 0.5) is 5.69 Å². The molecule has 2 rings (SSSR count). The molecule has 0 fully saturated rings. The Balaban J connectivity index is 2.20. The highest BCUT2D eigenvalue weighted by molar-refractivity contribution is 7.92. The van der Waals surface area contributed by atoms with Gasteiger partial charge < -0.3 is 15.0 Å². The number of carbonyl (C=O) groups excluding carboxylic acids is 2. The summed E-state index contributed by atoms with van der Waals surface area (Å²) >= 11 is 0. The van der Waals surface area contributed by atoms with Gasteiger partial charge in [-0.2, -0.15) is 0 Å². The summed E-state index contributed by atoms with van der Waals surface area (Å²) in [6.45, 7) is 8.03. The molecule has 0 aliphatic carbocycles. The third-order valence-corrected chi connectivity index (χ3v) is 6.79. The second kappa shape index (κ2) is 12.8. The molecular formula is C27H39N3O5S. The standard InChI is InChI=1S/C27H39N3O5S/c1-7-24(26(32)28-27(2,3)4)29(20-21-12-9-8-10-13-21)25(31)14-11-19-30(36(6,33)34)22-15-17-23(35-5)18-16-22/h8-10,12-13,15-18,24H,7,11,14,19-20H2,1-6H3,(H,28,32)/t24-/m1/s1. The van der Waals surface area contributed by atoms with E-state index in [0.29, 0.717) is 30.8 Å². The van der Waals surface area contributed by atoms with Crippen molar-refractivity contribution < 1.29 is 22.7 Å². The highest BCUT2D eigenvalue weighted by atomic mass is 32.2. The predicted molar refractivity (Wildman–Crippen MR) is 143 cm³/mol. The van der Waals surface area contributed by atoms with Gasteiger partial charge >= 0.3 is 0 Å².